The standard InChI is InChI=1S/C12H19N3O/c1-5-16-10-7-6-9(8-14-10)15-11(13)12(2,3)4/h6-8H,5H2,1-4H3,(H2,13,15). The average Bonchev–Trinajstić information content (AvgIpc) is 2.20. The van der Waals surface area contributed by atoms with Gasteiger partial charge in [0.1, 0.15) is 5.84 Å². The number of hydrogen-bond donors (Lipinski definition) is 1. The zero-order chi connectivity index (χ0) is 12.2. The summed E-state index contributed by atoms with van der Waals surface area (Å²) in [6.07, 6.45) is 1.66. The summed E-state index contributed by atoms with van der Waals surface area (Å²) in [5, 5.41) is 0. The summed E-state index contributed by atoms with van der Waals surface area (Å²) in [6, 6.07) is 3.63. The molecule has 0 aliphatic carbocycles. The van der Waals surface area contributed by atoms with Crippen LogP contribution in [0.3, 0.4) is 0 Å². The van der Waals surface area contributed by atoms with Crippen molar-refractivity contribution in [3.63, 3.8) is 0 Å². The minimum atomic E-state index is -0.126. The second kappa shape index (κ2) is 4.96. The van der Waals surface area contributed by atoms with Gasteiger partial charge in [0.05, 0.1) is 18.5 Å². The van der Waals surface area contributed by atoms with Gasteiger partial charge in [-0.3, -0.25) is 0 Å². The molecule has 0 saturated carbocycles. The third kappa shape index (κ3) is 3.53. The number of rotatable bonds is 3. The molecule has 0 amide bonds. The smallest absolute Gasteiger partial charge is 0.213 e. The highest BCUT2D eigenvalue weighted by atomic mass is 16.5. The Kier molecular flexibility index (Phi) is 3.88. The molecule has 88 valence electrons. The van der Waals surface area contributed by atoms with Gasteiger partial charge in [-0.15, -0.1) is 0 Å². The number of nitrogens with two attached hydrogens (primary N) is 1. The van der Waals surface area contributed by atoms with Gasteiger partial charge in [0.25, 0.3) is 0 Å². The normalized spacial score (nSPS) is 12.6. The third-order valence-corrected chi connectivity index (χ3v) is 2.03. The van der Waals surface area contributed by atoms with Crippen LogP contribution in [0.4, 0.5) is 5.69 Å². The highest BCUT2D eigenvalue weighted by Gasteiger charge is 2.15. The first kappa shape index (κ1) is 12.5. The molecule has 4 nitrogen and oxygen atoms in total. The highest BCUT2D eigenvalue weighted by Crippen LogP contribution is 2.19. The van der Waals surface area contributed by atoms with Crippen molar-refractivity contribution in [2.75, 3.05) is 6.61 Å². The van der Waals surface area contributed by atoms with Crippen molar-refractivity contribution in [3.8, 4) is 5.88 Å². The monoisotopic (exact) mass is 221 g/mol. The molecule has 0 aromatic carbocycles. The zero-order valence-corrected chi connectivity index (χ0v) is 10.3. The molecule has 0 unspecified atom stereocenters. The maximum absolute atomic E-state index is 5.87. The molecule has 0 saturated heterocycles. The molecular formula is C12H19N3O. The fourth-order valence-electron chi connectivity index (χ4n) is 0.979. The largest absolute Gasteiger partial charge is 0.478 e. The van der Waals surface area contributed by atoms with Crippen molar-refractivity contribution in [2.45, 2.75) is 27.7 Å². The molecule has 2 N–H and O–H groups in total. The van der Waals surface area contributed by atoms with E-state index in [2.05, 4.69) is 9.98 Å². The molecule has 0 fully saturated rings. The number of pyridine rings is 1. The summed E-state index contributed by atoms with van der Waals surface area (Å²) in [5.74, 6) is 1.20. The van der Waals surface area contributed by atoms with Crippen LogP contribution in [0, 0.1) is 5.41 Å². The zero-order valence-electron chi connectivity index (χ0n) is 10.3. The van der Waals surface area contributed by atoms with Crippen LogP contribution in [0.15, 0.2) is 23.3 Å². The molecule has 1 rings (SSSR count). The van der Waals surface area contributed by atoms with Crippen LogP contribution in [-0.2, 0) is 0 Å². The summed E-state index contributed by atoms with van der Waals surface area (Å²) >= 11 is 0. The van der Waals surface area contributed by atoms with Gasteiger partial charge in [0, 0.05) is 11.5 Å². The molecule has 4 heteroatoms. The molecule has 1 aromatic heterocycles. The summed E-state index contributed by atoms with van der Waals surface area (Å²) < 4.78 is 5.24. The number of aliphatic imine (C=N–C) groups is 1. The Hall–Kier alpha value is -1.58. The lowest BCUT2D eigenvalue weighted by Crippen LogP contribution is -2.28. The number of amidine groups is 1. The molecule has 0 atom stereocenters. The maximum Gasteiger partial charge on any atom is 0.213 e. The van der Waals surface area contributed by atoms with E-state index >= 15 is 0 Å². The molecular weight excluding hydrogens is 202 g/mol. The second-order valence-electron chi connectivity index (χ2n) is 4.53. The van der Waals surface area contributed by atoms with E-state index in [1.54, 1.807) is 12.3 Å². The quantitative estimate of drug-likeness (QED) is 0.630. The Morgan fingerprint density at radius 1 is 1.44 bits per heavy atom. The van der Waals surface area contributed by atoms with Gasteiger partial charge in [-0.2, -0.15) is 0 Å². The molecule has 0 spiro atoms. The van der Waals surface area contributed by atoms with Crippen LogP contribution in [0.2, 0.25) is 0 Å². The van der Waals surface area contributed by atoms with Crippen molar-refractivity contribution in [1.29, 1.82) is 0 Å². The van der Waals surface area contributed by atoms with E-state index in [9.17, 15) is 0 Å². The van der Waals surface area contributed by atoms with Crippen molar-refractivity contribution < 1.29 is 4.74 Å². The van der Waals surface area contributed by atoms with Gasteiger partial charge < -0.3 is 10.5 Å². The van der Waals surface area contributed by atoms with Crippen molar-refractivity contribution in [1.82, 2.24) is 4.98 Å². The van der Waals surface area contributed by atoms with Gasteiger partial charge in [-0.05, 0) is 13.0 Å². The number of ether oxygens (including phenoxy) is 1. The van der Waals surface area contributed by atoms with E-state index in [1.807, 2.05) is 33.8 Å². The molecule has 1 aromatic rings. The first-order valence-corrected chi connectivity index (χ1v) is 5.37. The average molecular weight is 221 g/mol. The van der Waals surface area contributed by atoms with E-state index < -0.39 is 0 Å². The number of aromatic nitrogens is 1. The van der Waals surface area contributed by atoms with Crippen molar-refractivity contribution in [3.05, 3.63) is 18.3 Å². The first-order valence-electron chi connectivity index (χ1n) is 5.37. The lowest BCUT2D eigenvalue weighted by molar-refractivity contribution is 0.327. The summed E-state index contributed by atoms with van der Waals surface area (Å²) in [4.78, 5) is 8.43. The van der Waals surface area contributed by atoms with Crippen LogP contribution in [-0.4, -0.2) is 17.4 Å². The minimum absolute atomic E-state index is 0.126. The van der Waals surface area contributed by atoms with Crippen LogP contribution in [0.25, 0.3) is 0 Å². The van der Waals surface area contributed by atoms with Crippen molar-refractivity contribution in [2.24, 2.45) is 16.1 Å². The molecule has 0 bridgehead atoms. The summed E-state index contributed by atoms with van der Waals surface area (Å²) in [5.41, 5.74) is 6.49. The van der Waals surface area contributed by atoms with Gasteiger partial charge >= 0.3 is 0 Å². The van der Waals surface area contributed by atoms with E-state index in [1.165, 1.54) is 0 Å². The topological polar surface area (TPSA) is 60.5 Å². The second-order valence-corrected chi connectivity index (χ2v) is 4.53. The Bertz CT molecular complexity index is 363. The predicted molar refractivity (Wildman–Crippen MR) is 66.1 cm³/mol. The van der Waals surface area contributed by atoms with Crippen LogP contribution in [0.1, 0.15) is 27.7 Å². The van der Waals surface area contributed by atoms with E-state index in [4.69, 9.17) is 10.5 Å². The van der Waals surface area contributed by atoms with Crippen molar-refractivity contribution >= 4 is 11.5 Å². The van der Waals surface area contributed by atoms with Gasteiger partial charge in [0.2, 0.25) is 5.88 Å². The van der Waals surface area contributed by atoms with E-state index in [-0.39, 0.29) is 5.41 Å². The van der Waals surface area contributed by atoms with E-state index in [0.717, 1.165) is 5.69 Å². The minimum Gasteiger partial charge on any atom is -0.478 e. The van der Waals surface area contributed by atoms with Crippen LogP contribution in [0.5, 0.6) is 5.88 Å². The first-order chi connectivity index (χ1) is 7.43. The molecule has 0 aliphatic rings. The third-order valence-electron chi connectivity index (χ3n) is 2.03. The predicted octanol–water partition coefficient (Wildman–Crippen LogP) is 2.52. The molecule has 1 heterocycles. The van der Waals surface area contributed by atoms with Gasteiger partial charge in [0.15, 0.2) is 0 Å². The fourth-order valence-corrected chi connectivity index (χ4v) is 0.979. The maximum atomic E-state index is 5.87. The Labute approximate surface area is 96.6 Å². The van der Waals surface area contributed by atoms with Gasteiger partial charge in [-0.25, -0.2) is 9.98 Å². The lowest BCUT2D eigenvalue weighted by atomic mass is 9.95. The van der Waals surface area contributed by atoms with Crippen LogP contribution >= 0.6 is 0 Å². The number of nitrogens with zero attached hydrogens (tertiary/aromatic N) is 2. The molecule has 0 aliphatic heterocycles. The SMILES string of the molecule is CCOc1ccc(N=C(N)C(C)(C)C)cn1. The molecule has 16 heavy (non-hydrogen) atoms. The summed E-state index contributed by atoms with van der Waals surface area (Å²) in [7, 11) is 0. The summed E-state index contributed by atoms with van der Waals surface area (Å²) in [6.45, 7) is 8.60. The van der Waals surface area contributed by atoms with Crippen LogP contribution < -0.4 is 10.5 Å². The highest BCUT2D eigenvalue weighted by molar-refractivity contribution is 5.87. The lowest BCUT2D eigenvalue weighted by Gasteiger charge is -2.17. The Morgan fingerprint density at radius 2 is 2.12 bits per heavy atom. The van der Waals surface area contributed by atoms with Gasteiger partial charge in [-0.1, -0.05) is 20.8 Å². The Morgan fingerprint density at radius 3 is 2.56 bits per heavy atom. The number of hydrogen-bond acceptors (Lipinski definition) is 3. The fraction of sp³-hybridized carbons (Fsp3) is 0.500. The Balaban J connectivity index is 2.83. The van der Waals surface area contributed by atoms with E-state index in [0.29, 0.717) is 18.3 Å². The molecule has 0 radical (unpaired) electrons.